The fourth-order valence-corrected chi connectivity index (χ4v) is 25.2. The summed E-state index contributed by atoms with van der Waals surface area (Å²) in [4.78, 5) is 0. The van der Waals surface area contributed by atoms with E-state index in [0.29, 0.717) is 13.2 Å². The van der Waals surface area contributed by atoms with Gasteiger partial charge in [0.1, 0.15) is 0 Å². The van der Waals surface area contributed by atoms with E-state index in [4.69, 9.17) is 20.9 Å². The van der Waals surface area contributed by atoms with Crippen molar-refractivity contribution in [2.75, 3.05) is 24.7 Å². The number of rotatable bonds is 6. The predicted molar refractivity (Wildman–Crippen MR) is 81.6 cm³/mol. The largest absolute Gasteiger partial charge is 0.322 e. The Kier molecular flexibility index (Phi) is 8.26. The zero-order valence-electron chi connectivity index (χ0n) is 8.88. The van der Waals surface area contributed by atoms with Crippen molar-refractivity contribution in [1.29, 1.82) is 0 Å². The molecule has 0 spiro atoms. The summed E-state index contributed by atoms with van der Waals surface area (Å²) in [5.74, 6) is 2.53. The van der Waals surface area contributed by atoms with Crippen LogP contribution in [0.2, 0.25) is 0 Å². The van der Waals surface area contributed by atoms with Crippen LogP contribution in [0, 0.1) is 0 Å². The van der Waals surface area contributed by atoms with Crippen LogP contribution in [0.5, 0.6) is 0 Å². The van der Waals surface area contributed by atoms with Gasteiger partial charge in [-0.2, -0.15) is 0 Å². The highest BCUT2D eigenvalue weighted by molar-refractivity contribution is 9.22. The number of hydrogen-bond donors (Lipinski definition) is 0. The van der Waals surface area contributed by atoms with Crippen molar-refractivity contribution >= 4 is 56.8 Å². The minimum absolute atomic E-state index is 0.138. The molecule has 0 bridgehead atoms. The fourth-order valence-electron chi connectivity index (χ4n) is 0.904. The van der Waals surface area contributed by atoms with Crippen LogP contribution in [0.4, 0.5) is 0 Å². The molecular formula is C7H16O2P2S4. The van der Waals surface area contributed by atoms with E-state index in [0.717, 1.165) is 0 Å². The Morgan fingerprint density at radius 3 is 2.27 bits per heavy atom. The van der Waals surface area contributed by atoms with E-state index in [1.165, 1.54) is 17.9 Å². The van der Waals surface area contributed by atoms with Gasteiger partial charge >= 0.3 is 0 Å². The molecule has 0 aromatic rings. The highest BCUT2D eigenvalue weighted by Gasteiger charge is 2.27. The molecule has 0 amide bonds. The Morgan fingerprint density at radius 1 is 1.27 bits per heavy atom. The summed E-state index contributed by atoms with van der Waals surface area (Å²) in [5, 5.41) is 0. The summed E-state index contributed by atoms with van der Waals surface area (Å²) in [5.41, 5.74) is -2.19. The van der Waals surface area contributed by atoms with Gasteiger partial charge in [0.25, 0.3) is 5.69 Å². The molecule has 90 valence electrons. The average Bonchev–Trinajstić information content (AvgIpc) is 2.19. The summed E-state index contributed by atoms with van der Waals surface area (Å²) >= 11 is 11.4. The van der Waals surface area contributed by atoms with Gasteiger partial charge in [0.05, 0.1) is 18.7 Å². The van der Waals surface area contributed by atoms with Gasteiger partial charge in [-0.25, -0.2) is 0 Å². The molecule has 1 fully saturated rings. The topological polar surface area (TPSA) is 18.5 Å². The van der Waals surface area contributed by atoms with Gasteiger partial charge in [-0.15, -0.1) is 22.8 Å². The Hall–Kier alpha value is 2.05. The molecule has 0 unspecified atom stereocenters. The molecule has 0 aromatic carbocycles. The standard InChI is InChI=1S/C7H16O2P2S4/c1-3-8-11(12,9-4-2)15-10-13-6-5-7-14-10/h3-7H2,1-2H3. The van der Waals surface area contributed by atoms with Crippen molar-refractivity contribution in [2.45, 2.75) is 20.3 Å². The molecule has 0 atom stereocenters. The van der Waals surface area contributed by atoms with Crippen LogP contribution >= 0.6 is 45.0 Å². The van der Waals surface area contributed by atoms with Crippen LogP contribution < -0.4 is 0 Å². The quantitative estimate of drug-likeness (QED) is 0.628. The Bertz CT molecular complexity index is 213. The lowest BCUT2D eigenvalue weighted by Gasteiger charge is -2.26. The van der Waals surface area contributed by atoms with Crippen molar-refractivity contribution < 1.29 is 9.05 Å². The Labute approximate surface area is 110 Å². The zero-order chi connectivity index (χ0) is 11.1. The van der Waals surface area contributed by atoms with E-state index in [1.807, 2.05) is 36.6 Å². The molecule has 1 saturated heterocycles. The van der Waals surface area contributed by atoms with Crippen LogP contribution in [-0.4, -0.2) is 24.7 Å². The molecule has 1 aliphatic rings. The smallest absolute Gasteiger partial charge is 0.253 e. The van der Waals surface area contributed by atoms with Crippen LogP contribution in [0.3, 0.4) is 0 Å². The highest BCUT2D eigenvalue weighted by Crippen LogP contribution is 2.84. The molecule has 8 heteroatoms. The summed E-state index contributed by atoms with van der Waals surface area (Å²) in [6.45, 7) is 5.27. The van der Waals surface area contributed by atoms with Gasteiger partial charge in [-0.1, -0.05) is 0 Å². The van der Waals surface area contributed by atoms with Crippen LogP contribution in [0.15, 0.2) is 0 Å². The van der Waals surface area contributed by atoms with Gasteiger partial charge in [0.15, 0.2) is 0 Å². The predicted octanol–water partition coefficient (Wildman–Crippen LogP) is 5.11. The molecule has 0 N–H and O–H groups in total. The lowest BCUT2D eigenvalue weighted by Crippen LogP contribution is -1.92. The van der Waals surface area contributed by atoms with E-state index < -0.39 is 5.69 Å². The van der Waals surface area contributed by atoms with Gasteiger partial charge in [0.2, 0.25) is 0 Å². The van der Waals surface area contributed by atoms with E-state index >= 15 is 0 Å². The average molecular weight is 322 g/mol. The van der Waals surface area contributed by atoms with Crippen molar-refractivity contribution in [1.82, 2.24) is 0 Å². The zero-order valence-corrected chi connectivity index (χ0v) is 13.9. The third-order valence-corrected chi connectivity index (χ3v) is 21.1. The van der Waals surface area contributed by atoms with Crippen LogP contribution in [0.1, 0.15) is 20.3 Å². The molecule has 1 aliphatic heterocycles. The molecule has 0 saturated carbocycles. The first-order valence-electron chi connectivity index (χ1n) is 4.85. The first-order chi connectivity index (χ1) is 7.20. The van der Waals surface area contributed by atoms with E-state index in [9.17, 15) is 0 Å². The van der Waals surface area contributed by atoms with Crippen molar-refractivity contribution in [3.8, 4) is 0 Å². The second-order valence-electron chi connectivity index (χ2n) is 2.61. The molecule has 1 heterocycles. The maximum absolute atomic E-state index is 5.63. The minimum atomic E-state index is -2.05. The first-order valence-corrected chi connectivity index (χ1v) is 14.0. The normalized spacial score (nSPS) is 19.3. The van der Waals surface area contributed by atoms with Gasteiger partial charge in [-0.3, -0.25) is 0 Å². The molecule has 15 heavy (non-hydrogen) atoms. The summed E-state index contributed by atoms with van der Waals surface area (Å²) < 4.78 is 11.3. The van der Waals surface area contributed by atoms with Gasteiger partial charge < -0.3 is 9.05 Å². The molecule has 0 radical (unpaired) electrons. The lowest BCUT2D eigenvalue weighted by atomic mass is 10.6. The second kappa shape index (κ2) is 8.20. The van der Waals surface area contributed by atoms with Crippen LogP contribution in [-0.2, 0) is 20.9 Å². The maximum Gasteiger partial charge on any atom is 0.253 e. The van der Waals surface area contributed by atoms with Crippen molar-refractivity contribution in [3.63, 3.8) is 0 Å². The summed E-state index contributed by atoms with van der Waals surface area (Å²) in [6.07, 6.45) is 1.32. The SMILES string of the molecule is CCOP(=S)(OCC)SP1SCCCS1. The van der Waals surface area contributed by atoms with E-state index in [1.54, 1.807) is 11.0 Å². The summed E-state index contributed by atoms with van der Waals surface area (Å²) in [7, 11) is 0. The second-order valence-corrected chi connectivity index (χ2v) is 18.4. The number of hydrogen-bond acceptors (Lipinski definition) is 6. The Balaban J connectivity index is 2.45. The van der Waals surface area contributed by atoms with Gasteiger partial charge in [-0.05, 0) is 54.6 Å². The van der Waals surface area contributed by atoms with Crippen molar-refractivity contribution in [2.24, 2.45) is 0 Å². The third kappa shape index (κ3) is 5.96. The highest BCUT2D eigenvalue weighted by atomic mass is 33.5. The molecule has 0 aromatic heterocycles. The molecule has 0 aliphatic carbocycles. The van der Waals surface area contributed by atoms with E-state index in [2.05, 4.69) is 0 Å². The minimum Gasteiger partial charge on any atom is -0.322 e. The molecule has 2 nitrogen and oxygen atoms in total. The summed E-state index contributed by atoms with van der Waals surface area (Å²) in [6, 6.07) is 0. The fraction of sp³-hybridized carbons (Fsp3) is 1.00. The van der Waals surface area contributed by atoms with Gasteiger partial charge in [0, 0.05) is 0 Å². The third-order valence-electron chi connectivity index (χ3n) is 1.42. The molecular weight excluding hydrogens is 306 g/mol. The monoisotopic (exact) mass is 322 g/mol. The first kappa shape index (κ1) is 15.1. The molecule has 1 rings (SSSR count). The lowest BCUT2D eigenvalue weighted by molar-refractivity contribution is 0.281. The van der Waals surface area contributed by atoms with Crippen molar-refractivity contribution in [3.05, 3.63) is 0 Å². The Morgan fingerprint density at radius 2 is 1.80 bits per heavy atom. The van der Waals surface area contributed by atoms with Crippen LogP contribution in [0.25, 0.3) is 0 Å². The van der Waals surface area contributed by atoms with E-state index in [-0.39, 0.29) is 5.53 Å². The maximum atomic E-state index is 5.63.